The van der Waals surface area contributed by atoms with Crippen molar-refractivity contribution in [2.24, 2.45) is 0 Å². The van der Waals surface area contributed by atoms with Crippen molar-refractivity contribution in [1.82, 2.24) is 5.32 Å². The quantitative estimate of drug-likeness (QED) is 0.452. The van der Waals surface area contributed by atoms with Crippen LogP contribution in [-0.4, -0.2) is 38.1 Å². The molecule has 1 heterocycles. The summed E-state index contributed by atoms with van der Waals surface area (Å²) < 4.78 is 16.0. The molecule has 1 aliphatic heterocycles. The maximum atomic E-state index is 12.5. The van der Waals surface area contributed by atoms with Gasteiger partial charge in [0.25, 0.3) is 11.7 Å². The number of ether oxygens (including phenoxy) is 3. The Bertz CT molecular complexity index is 942. The molecule has 7 nitrogen and oxygen atoms in total. The fraction of sp³-hybridized carbons (Fsp3) is 0.200. The number of halogens is 1. The van der Waals surface area contributed by atoms with Crippen LogP contribution < -0.4 is 19.5 Å². The first-order valence-corrected chi connectivity index (χ1v) is 8.63. The predicted molar refractivity (Wildman–Crippen MR) is 103 cm³/mol. The molecule has 0 saturated carbocycles. The van der Waals surface area contributed by atoms with Crippen LogP contribution in [0, 0.1) is 0 Å². The lowest BCUT2D eigenvalue weighted by Gasteiger charge is -2.18. The number of rotatable bonds is 5. The molecule has 0 spiro atoms. The van der Waals surface area contributed by atoms with Crippen molar-refractivity contribution in [3.63, 3.8) is 0 Å². The molecule has 146 valence electrons. The summed E-state index contributed by atoms with van der Waals surface area (Å²) in [7, 11) is 4.39. The van der Waals surface area contributed by atoms with E-state index in [-0.39, 0.29) is 11.3 Å². The van der Waals surface area contributed by atoms with Gasteiger partial charge in [0, 0.05) is 10.6 Å². The first-order chi connectivity index (χ1) is 13.4. The number of ketones is 1. The van der Waals surface area contributed by atoms with Gasteiger partial charge in [-0.25, -0.2) is 0 Å². The van der Waals surface area contributed by atoms with E-state index >= 15 is 0 Å². The highest BCUT2D eigenvalue weighted by Gasteiger charge is 2.40. The second-order valence-corrected chi connectivity index (χ2v) is 6.40. The van der Waals surface area contributed by atoms with E-state index in [1.165, 1.54) is 21.3 Å². The molecular formula is C20H18ClNO6. The van der Waals surface area contributed by atoms with Crippen LogP contribution in [0.3, 0.4) is 0 Å². The Morgan fingerprint density at radius 1 is 1.00 bits per heavy atom. The third-order valence-electron chi connectivity index (χ3n) is 4.41. The van der Waals surface area contributed by atoms with Gasteiger partial charge in [-0.05, 0) is 42.0 Å². The number of Topliss-reactive ketones (excluding diaryl/α,β-unsaturated/α-hetero) is 1. The van der Waals surface area contributed by atoms with Crippen molar-refractivity contribution < 1.29 is 28.9 Å². The maximum absolute atomic E-state index is 12.5. The van der Waals surface area contributed by atoms with Crippen molar-refractivity contribution in [1.29, 1.82) is 0 Å². The molecule has 0 radical (unpaired) electrons. The van der Waals surface area contributed by atoms with Gasteiger partial charge in [-0.1, -0.05) is 11.6 Å². The van der Waals surface area contributed by atoms with Crippen LogP contribution in [0.4, 0.5) is 0 Å². The summed E-state index contributed by atoms with van der Waals surface area (Å²) >= 11 is 5.88. The first-order valence-electron chi connectivity index (χ1n) is 8.25. The average Bonchev–Trinajstić information content (AvgIpc) is 3.01. The van der Waals surface area contributed by atoms with E-state index in [2.05, 4.69) is 5.32 Å². The molecular weight excluding hydrogens is 386 g/mol. The summed E-state index contributed by atoms with van der Waals surface area (Å²) in [5.41, 5.74) is 0.785. The van der Waals surface area contributed by atoms with Crippen LogP contribution in [0.25, 0.3) is 5.76 Å². The molecule has 2 aromatic rings. The smallest absolute Gasteiger partial charge is 0.293 e. The van der Waals surface area contributed by atoms with Gasteiger partial charge in [0.15, 0.2) is 11.5 Å². The highest BCUT2D eigenvalue weighted by molar-refractivity contribution is 6.46. The van der Waals surface area contributed by atoms with Gasteiger partial charge in [0.1, 0.15) is 5.76 Å². The fourth-order valence-corrected chi connectivity index (χ4v) is 3.17. The Morgan fingerprint density at radius 3 is 2.07 bits per heavy atom. The third-order valence-corrected chi connectivity index (χ3v) is 4.66. The van der Waals surface area contributed by atoms with Crippen molar-refractivity contribution in [3.8, 4) is 17.2 Å². The van der Waals surface area contributed by atoms with E-state index in [9.17, 15) is 14.7 Å². The molecule has 1 saturated heterocycles. The number of aliphatic hydroxyl groups excluding tert-OH is 1. The summed E-state index contributed by atoms with van der Waals surface area (Å²) in [6, 6.07) is 8.62. The highest BCUT2D eigenvalue weighted by Crippen LogP contribution is 2.42. The molecule has 0 aromatic heterocycles. The zero-order valence-corrected chi connectivity index (χ0v) is 16.2. The number of amides is 1. The number of carbonyl (C=O) groups excluding carboxylic acids is 2. The fourth-order valence-electron chi connectivity index (χ4n) is 3.05. The second-order valence-electron chi connectivity index (χ2n) is 5.96. The number of methoxy groups -OCH3 is 3. The van der Waals surface area contributed by atoms with Crippen LogP contribution in [-0.2, 0) is 9.59 Å². The molecule has 0 bridgehead atoms. The predicted octanol–water partition coefficient (Wildman–Crippen LogP) is 3.08. The first kappa shape index (κ1) is 19.6. The van der Waals surface area contributed by atoms with Gasteiger partial charge in [-0.15, -0.1) is 0 Å². The van der Waals surface area contributed by atoms with E-state index in [4.69, 9.17) is 25.8 Å². The van der Waals surface area contributed by atoms with Gasteiger partial charge >= 0.3 is 0 Å². The van der Waals surface area contributed by atoms with Gasteiger partial charge in [-0.3, -0.25) is 9.59 Å². The zero-order valence-electron chi connectivity index (χ0n) is 15.4. The molecule has 1 atom stereocenters. The Balaban J connectivity index is 2.17. The molecule has 0 aliphatic carbocycles. The molecule has 1 aliphatic rings. The minimum absolute atomic E-state index is 0.0680. The third kappa shape index (κ3) is 3.36. The molecule has 3 rings (SSSR count). The number of hydrogen-bond donors (Lipinski definition) is 2. The van der Waals surface area contributed by atoms with E-state index in [0.717, 1.165) is 0 Å². The lowest BCUT2D eigenvalue weighted by atomic mass is 9.95. The van der Waals surface area contributed by atoms with Crippen LogP contribution in [0.1, 0.15) is 17.2 Å². The van der Waals surface area contributed by atoms with Gasteiger partial charge < -0.3 is 24.6 Å². The van der Waals surface area contributed by atoms with Gasteiger partial charge in [-0.2, -0.15) is 0 Å². The molecule has 1 fully saturated rings. The van der Waals surface area contributed by atoms with Crippen molar-refractivity contribution in [2.75, 3.05) is 21.3 Å². The summed E-state index contributed by atoms with van der Waals surface area (Å²) in [5, 5.41) is 13.8. The summed E-state index contributed by atoms with van der Waals surface area (Å²) in [4.78, 5) is 24.5. The van der Waals surface area contributed by atoms with Crippen LogP contribution >= 0.6 is 11.6 Å². The topological polar surface area (TPSA) is 94.1 Å². The Hall–Kier alpha value is -3.19. The van der Waals surface area contributed by atoms with Crippen LogP contribution in [0.2, 0.25) is 5.02 Å². The standard InChI is InChI=1S/C20H18ClNO6/c1-26-13-8-11(9-14(27-2)19(13)28-3)16-15(18(24)20(25)22-16)17(23)10-4-6-12(21)7-5-10/h4-9,16,23H,1-3H3,(H,22,25)/t16-/m1/s1. The van der Waals surface area contributed by atoms with Crippen molar-refractivity contribution in [2.45, 2.75) is 6.04 Å². The van der Waals surface area contributed by atoms with Crippen LogP contribution in [0.5, 0.6) is 17.2 Å². The SMILES string of the molecule is COc1cc([C@H]2NC(=O)C(=O)C2=C(O)c2ccc(Cl)cc2)cc(OC)c1OC. The van der Waals surface area contributed by atoms with E-state index < -0.39 is 17.7 Å². The van der Waals surface area contributed by atoms with E-state index in [1.54, 1.807) is 36.4 Å². The average molecular weight is 404 g/mol. The Labute approximate surface area is 166 Å². The molecule has 1 amide bonds. The number of benzene rings is 2. The molecule has 28 heavy (non-hydrogen) atoms. The normalized spacial score (nSPS) is 17.9. The summed E-state index contributed by atoms with van der Waals surface area (Å²) in [5.74, 6) is -0.845. The number of aliphatic hydroxyl groups is 1. The van der Waals surface area contributed by atoms with E-state index in [0.29, 0.717) is 33.4 Å². The minimum Gasteiger partial charge on any atom is -0.507 e. The maximum Gasteiger partial charge on any atom is 0.293 e. The largest absolute Gasteiger partial charge is 0.507 e. The molecule has 8 heteroatoms. The van der Waals surface area contributed by atoms with E-state index in [1.807, 2.05) is 0 Å². The molecule has 2 aromatic carbocycles. The number of hydrogen-bond acceptors (Lipinski definition) is 6. The summed E-state index contributed by atoms with van der Waals surface area (Å²) in [6.45, 7) is 0. The molecule has 2 N–H and O–H groups in total. The monoisotopic (exact) mass is 403 g/mol. The van der Waals surface area contributed by atoms with Gasteiger partial charge in [0.2, 0.25) is 5.75 Å². The lowest BCUT2D eigenvalue weighted by Crippen LogP contribution is -2.21. The Kier molecular flexibility index (Phi) is 5.46. The summed E-state index contributed by atoms with van der Waals surface area (Å²) in [6.07, 6.45) is 0. The second kappa shape index (κ2) is 7.82. The van der Waals surface area contributed by atoms with Crippen molar-refractivity contribution in [3.05, 3.63) is 58.1 Å². The van der Waals surface area contributed by atoms with Crippen molar-refractivity contribution >= 4 is 29.1 Å². The number of carbonyl (C=O) groups is 2. The zero-order chi connectivity index (χ0) is 20.4. The minimum atomic E-state index is -0.885. The lowest BCUT2D eigenvalue weighted by molar-refractivity contribution is -0.133. The molecule has 0 unspecified atom stereocenters. The number of nitrogens with one attached hydrogen (secondary N) is 1. The highest BCUT2D eigenvalue weighted by atomic mass is 35.5. The van der Waals surface area contributed by atoms with Crippen LogP contribution in [0.15, 0.2) is 42.0 Å². The van der Waals surface area contributed by atoms with Gasteiger partial charge in [0.05, 0.1) is 32.9 Å². The Morgan fingerprint density at radius 2 is 1.57 bits per heavy atom.